The molecule has 0 aliphatic carbocycles. The first-order valence-electron chi connectivity index (χ1n) is 6.40. The number of hydrogen-bond donors (Lipinski definition) is 2. The highest BCUT2D eigenvalue weighted by Gasteiger charge is 2.10. The van der Waals surface area contributed by atoms with Gasteiger partial charge in [0.2, 0.25) is 0 Å². The standard InChI is InChI=1S/C13H24N4S/c1-6-11-16-12(14-4)10(3)13(17-11)15-7-9(2)8-18-5/h9H,6-8H2,1-5H3,(H2,14,15,16,17). The Morgan fingerprint density at radius 2 is 1.94 bits per heavy atom. The molecular weight excluding hydrogens is 244 g/mol. The monoisotopic (exact) mass is 268 g/mol. The van der Waals surface area contributed by atoms with Crippen molar-refractivity contribution >= 4 is 23.4 Å². The zero-order chi connectivity index (χ0) is 13.5. The topological polar surface area (TPSA) is 49.8 Å². The average molecular weight is 268 g/mol. The highest BCUT2D eigenvalue weighted by atomic mass is 32.2. The van der Waals surface area contributed by atoms with Crippen molar-refractivity contribution in [1.29, 1.82) is 0 Å². The first-order chi connectivity index (χ1) is 8.62. The van der Waals surface area contributed by atoms with Crippen LogP contribution in [0.2, 0.25) is 0 Å². The van der Waals surface area contributed by atoms with Crippen LogP contribution in [0.3, 0.4) is 0 Å². The Hall–Kier alpha value is -0.970. The van der Waals surface area contributed by atoms with Gasteiger partial charge in [-0.15, -0.1) is 0 Å². The molecule has 0 bridgehead atoms. The minimum absolute atomic E-state index is 0.637. The number of nitrogens with zero attached hydrogens (tertiary/aromatic N) is 2. The van der Waals surface area contributed by atoms with Crippen LogP contribution in [0.4, 0.5) is 11.6 Å². The van der Waals surface area contributed by atoms with Gasteiger partial charge in [-0.25, -0.2) is 9.97 Å². The minimum Gasteiger partial charge on any atom is -0.373 e. The third-order valence-corrected chi connectivity index (χ3v) is 3.72. The summed E-state index contributed by atoms with van der Waals surface area (Å²) < 4.78 is 0. The summed E-state index contributed by atoms with van der Waals surface area (Å²) in [6.07, 6.45) is 2.99. The second-order valence-corrected chi connectivity index (χ2v) is 5.42. The van der Waals surface area contributed by atoms with Crippen molar-refractivity contribution in [2.75, 3.05) is 36.2 Å². The molecule has 1 atom stereocenters. The average Bonchev–Trinajstić information content (AvgIpc) is 2.38. The molecule has 0 fully saturated rings. The summed E-state index contributed by atoms with van der Waals surface area (Å²) >= 11 is 1.88. The van der Waals surface area contributed by atoms with Crippen LogP contribution in [0.15, 0.2) is 0 Å². The van der Waals surface area contributed by atoms with Crippen molar-refractivity contribution in [2.45, 2.75) is 27.2 Å². The van der Waals surface area contributed by atoms with E-state index < -0.39 is 0 Å². The van der Waals surface area contributed by atoms with Gasteiger partial charge in [-0.2, -0.15) is 11.8 Å². The predicted molar refractivity (Wildman–Crippen MR) is 81.7 cm³/mol. The van der Waals surface area contributed by atoms with Crippen LogP contribution in [-0.4, -0.2) is 35.6 Å². The molecule has 102 valence electrons. The first kappa shape index (κ1) is 15.1. The molecule has 0 aromatic carbocycles. The molecule has 0 spiro atoms. The third kappa shape index (κ3) is 4.05. The highest BCUT2D eigenvalue weighted by molar-refractivity contribution is 7.98. The number of hydrogen-bond acceptors (Lipinski definition) is 5. The molecule has 1 aromatic heterocycles. The van der Waals surface area contributed by atoms with E-state index in [-0.39, 0.29) is 0 Å². The van der Waals surface area contributed by atoms with Crippen molar-refractivity contribution < 1.29 is 0 Å². The lowest BCUT2D eigenvalue weighted by Crippen LogP contribution is -2.16. The Labute approximate surface area is 114 Å². The number of aryl methyl sites for hydroxylation is 1. The van der Waals surface area contributed by atoms with Gasteiger partial charge in [-0.3, -0.25) is 0 Å². The van der Waals surface area contributed by atoms with E-state index in [0.717, 1.165) is 41.7 Å². The van der Waals surface area contributed by atoms with Crippen LogP contribution in [-0.2, 0) is 6.42 Å². The third-order valence-electron chi connectivity index (χ3n) is 2.81. The molecular formula is C13H24N4S. The second kappa shape index (κ2) is 7.46. The van der Waals surface area contributed by atoms with Gasteiger partial charge in [0.15, 0.2) is 0 Å². The lowest BCUT2D eigenvalue weighted by Gasteiger charge is -2.16. The van der Waals surface area contributed by atoms with E-state index >= 15 is 0 Å². The summed E-state index contributed by atoms with van der Waals surface area (Å²) in [6, 6.07) is 0. The second-order valence-electron chi connectivity index (χ2n) is 4.51. The van der Waals surface area contributed by atoms with Crippen LogP contribution in [0.1, 0.15) is 25.2 Å². The maximum Gasteiger partial charge on any atom is 0.134 e. The van der Waals surface area contributed by atoms with Gasteiger partial charge in [-0.05, 0) is 24.9 Å². The fraction of sp³-hybridized carbons (Fsp3) is 0.692. The number of nitrogens with one attached hydrogen (secondary N) is 2. The van der Waals surface area contributed by atoms with E-state index in [1.54, 1.807) is 0 Å². The van der Waals surface area contributed by atoms with Crippen molar-refractivity contribution in [3.8, 4) is 0 Å². The molecule has 1 aromatic rings. The zero-order valence-corrected chi connectivity index (χ0v) is 12.8. The maximum absolute atomic E-state index is 4.56. The first-order valence-corrected chi connectivity index (χ1v) is 7.79. The molecule has 0 radical (unpaired) electrons. The summed E-state index contributed by atoms with van der Waals surface area (Å²) in [7, 11) is 1.90. The fourth-order valence-corrected chi connectivity index (χ4v) is 2.44. The normalized spacial score (nSPS) is 12.3. The van der Waals surface area contributed by atoms with Crippen molar-refractivity contribution in [3.63, 3.8) is 0 Å². The molecule has 1 unspecified atom stereocenters. The maximum atomic E-state index is 4.56. The van der Waals surface area contributed by atoms with Crippen LogP contribution in [0.25, 0.3) is 0 Å². The number of aromatic nitrogens is 2. The Kier molecular flexibility index (Phi) is 6.25. The van der Waals surface area contributed by atoms with E-state index in [0.29, 0.717) is 5.92 Å². The highest BCUT2D eigenvalue weighted by Crippen LogP contribution is 2.20. The van der Waals surface area contributed by atoms with Crippen LogP contribution in [0, 0.1) is 12.8 Å². The molecule has 1 heterocycles. The van der Waals surface area contributed by atoms with Crippen LogP contribution >= 0.6 is 11.8 Å². The van der Waals surface area contributed by atoms with Gasteiger partial charge >= 0.3 is 0 Å². The molecule has 18 heavy (non-hydrogen) atoms. The molecule has 4 nitrogen and oxygen atoms in total. The van der Waals surface area contributed by atoms with Crippen molar-refractivity contribution in [2.24, 2.45) is 5.92 Å². The van der Waals surface area contributed by atoms with Crippen LogP contribution in [0.5, 0.6) is 0 Å². The van der Waals surface area contributed by atoms with Crippen molar-refractivity contribution in [1.82, 2.24) is 9.97 Å². The molecule has 1 rings (SSSR count). The Balaban J connectivity index is 2.80. The van der Waals surface area contributed by atoms with Crippen molar-refractivity contribution in [3.05, 3.63) is 11.4 Å². The van der Waals surface area contributed by atoms with Gasteiger partial charge in [0.25, 0.3) is 0 Å². The number of rotatable bonds is 7. The van der Waals surface area contributed by atoms with E-state index in [4.69, 9.17) is 0 Å². The Morgan fingerprint density at radius 3 is 2.50 bits per heavy atom. The largest absolute Gasteiger partial charge is 0.373 e. The molecule has 0 aliphatic heterocycles. The fourth-order valence-electron chi connectivity index (χ4n) is 1.75. The summed E-state index contributed by atoms with van der Waals surface area (Å²) in [5, 5.41) is 6.57. The van der Waals surface area contributed by atoms with Gasteiger partial charge in [0.1, 0.15) is 17.5 Å². The Morgan fingerprint density at radius 1 is 1.28 bits per heavy atom. The molecule has 0 amide bonds. The van der Waals surface area contributed by atoms with Gasteiger partial charge in [0.05, 0.1) is 0 Å². The molecule has 5 heteroatoms. The number of anilines is 2. The molecule has 0 saturated heterocycles. The van der Waals surface area contributed by atoms with E-state index in [2.05, 4.69) is 40.7 Å². The predicted octanol–water partition coefficient (Wildman–Crippen LogP) is 2.80. The van der Waals surface area contributed by atoms with Crippen LogP contribution < -0.4 is 10.6 Å². The summed E-state index contributed by atoms with van der Waals surface area (Å²) in [6.45, 7) is 7.32. The quantitative estimate of drug-likeness (QED) is 0.796. The number of thioether (sulfide) groups is 1. The Bertz CT molecular complexity index is 381. The SMILES string of the molecule is CCc1nc(NC)c(C)c(NCC(C)CSC)n1. The van der Waals surface area contributed by atoms with E-state index in [1.807, 2.05) is 25.7 Å². The lowest BCUT2D eigenvalue weighted by atomic mass is 10.2. The lowest BCUT2D eigenvalue weighted by molar-refractivity contribution is 0.698. The molecule has 2 N–H and O–H groups in total. The molecule has 0 aliphatic rings. The summed E-state index contributed by atoms with van der Waals surface area (Å²) in [5.41, 5.74) is 1.09. The smallest absolute Gasteiger partial charge is 0.134 e. The summed E-state index contributed by atoms with van der Waals surface area (Å²) in [4.78, 5) is 9.03. The van der Waals surface area contributed by atoms with Gasteiger partial charge < -0.3 is 10.6 Å². The van der Waals surface area contributed by atoms with E-state index in [1.165, 1.54) is 0 Å². The van der Waals surface area contributed by atoms with Gasteiger partial charge in [0, 0.05) is 25.6 Å². The zero-order valence-electron chi connectivity index (χ0n) is 12.0. The minimum atomic E-state index is 0.637. The molecule has 0 saturated carbocycles. The van der Waals surface area contributed by atoms with Gasteiger partial charge in [-0.1, -0.05) is 13.8 Å². The van der Waals surface area contributed by atoms with E-state index in [9.17, 15) is 0 Å². The summed E-state index contributed by atoms with van der Waals surface area (Å²) in [5.74, 6) is 4.56.